The largest absolute Gasteiger partial charge is 0.488 e. The van der Waals surface area contributed by atoms with Crippen LogP contribution in [0.15, 0.2) is 46.9 Å². The van der Waals surface area contributed by atoms with Gasteiger partial charge in [-0.05, 0) is 51.8 Å². The molecule has 0 aromatic heterocycles. The van der Waals surface area contributed by atoms with Gasteiger partial charge >= 0.3 is 5.97 Å². The molecule has 2 aromatic carbocycles. The molecule has 0 unspecified atom stereocenters. The van der Waals surface area contributed by atoms with Crippen LogP contribution in [-0.4, -0.2) is 13.1 Å². The number of hydrogen-bond donors (Lipinski definition) is 0. The number of ether oxygens (including phenoxy) is 2. The number of carbonyl (C=O) groups excluding carboxylic acids is 1. The van der Waals surface area contributed by atoms with Crippen molar-refractivity contribution in [3.8, 4) is 5.75 Å². The minimum atomic E-state index is -0.376. The van der Waals surface area contributed by atoms with E-state index in [4.69, 9.17) is 4.74 Å². The standard InChI is InChI=1S/C15H12BrFO3/c1-19-15(18)11-4-2-10(3-5-11)9-20-14-7-6-12(17)8-13(14)16/h2-8H,9H2,1H3. The maximum atomic E-state index is 12.9. The molecular weight excluding hydrogens is 327 g/mol. The molecule has 104 valence electrons. The summed E-state index contributed by atoms with van der Waals surface area (Å²) in [4.78, 5) is 11.3. The molecule has 0 aliphatic heterocycles. The molecule has 0 atom stereocenters. The van der Waals surface area contributed by atoms with Crippen LogP contribution in [0.3, 0.4) is 0 Å². The summed E-state index contributed by atoms with van der Waals surface area (Å²) in [5.41, 5.74) is 1.38. The SMILES string of the molecule is COC(=O)c1ccc(COc2ccc(F)cc2Br)cc1. The van der Waals surface area contributed by atoms with Crippen LogP contribution in [0.1, 0.15) is 15.9 Å². The molecule has 0 aliphatic rings. The molecule has 0 saturated carbocycles. The second-order valence-corrected chi connectivity index (χ2v) is 4.91. The van der Waals surface area contributed by atoms with Crippen LogP contribution < -0.4 is 4.74 Å². The van der Waals surface area contributed by atoms with Crippen molar-refractivity contribution in [1.82, 2.24) is 0 Å². The maximum Gasteiger partial charge on any atom is 0.337 e. The topological polar surface area (TPSA) is 35.5 Å². The Bertz CT molecular complexity index is 611. The number of carbonyl (C=O) groups is 1. The molecular formula is C15H12BrFO3. The lowest BCUT2D eigenvalue weighted by atomic mass is 10.1. The van der Waals surface area contributed by atoms with Gasteiger partial charge in [0.25, 0.3) is 0 Å². The van der Waals surface area contributed by atoms with Gasteiger partial charge in [-0.3, -0.25) is 0 Å². The Kier molecular flexibility index (Phi) is 4.74. The minimum Gasteiger partial charge on any atom is -0.488 e. The Hall–Kier alpha value is -1.88. The van der Waals surface area contributed by atoms with Crippen LogP contribution in [0.4, 0.5) is 4.39 Å². The molecule has 0 fully saturated rings. The van der Waals surface area contributed by atoms with Crippen LogP contribution in [-0.2, 0) is 11.3 Å². The summed E-state index contributed by atoms with van der Waals surface area (Å²) in [5, 5.41) is 0. The highest BCUT2D eigenvalue weighted by Crippen LogP contribution is 2.26. The lowest BCUT2D eigenvalue weighted by molar-refractivity contribution is 0.0600. The first-order valence-electron chi connectivity index (χ1n) is 5.85. The van der Waals surface area contributed by atoms with Gasteiger partial charge in [-0.25, -0.2) is 9.18 Å². The Balaban J connectivity index is 2.02. The van der Waals surface area contributed by atoms with Gasteiger partial charge in [0.05, 0.1) is 17.1 Å². The summed E-state index contributed by atoms with van der Waals surface area (Å²) in [6, 6.07) is 11.1. The summed E-state index contributed by atoms with van der Waals surface area (Å²) in [6.45, 7) is 0.325. The molecule has 0 bridgehead atoms. The highest BCUT2D eigenvalue weighted by molar-refractivity contribution is 9.10. The zero-order valence-electron chi connectivity index (χ0n) is 10.7. The van der Waals surface area contributed by atoms with Gasteiger partial charge < -0.3 is 9.47 Å². The van der Waals surface area contributed by atoms with Crippen LogP contribution in [0.2, 0.25) is 0 Å². The molecule has 0 radical (unpaired) electrons. The highest BCUT2D eigenvalue weighted by atomic mass is 79.9. The molecule has 2 aromatic rings. The van der Waals surface area contributed by atoms with E-state index in [1.54, 1.807) is 30.3 Å². The van der Waals surface area contributed by atoms with Crippen molar-refractivity contribution in [3.05, 3.63) is 63.9 Å². The van der Waals surface area contributed by atoms with E-state index < -0.39 is 0 Å². The Morgan fingerprint density at radius 1 is 1.20 bits per heavy atom. The van der Waals surface area contributed by atoms with Gasteiger partial charge in [-0.2, -0.15) is 0 Å². The molecule has 3 nitrogen and oxygen atoms in total. The molecule has 2 rings (SSSR count). The van der Waals surface area contributed by atoms with Crippen LogP contribution in [0.5, 0.6) is 5.75 Å². The average Bonchev–Trinajstić information content (AvgIpc) is 2.46. The predicted octanol–water partition coefficient (Wildman–Crippen LogP) is 3.95. The molecule has 5 heteroatoms. The molecule has 0 N–H and O–H groups in total. The number of hydrogen-bond acceptors (Lipinski definition) is 3. The fourth-order valence-corrected chi connectivity index (χ4v) is 2.07. The first kappa shape index (κ1) is 14.5. The summed E-state index contributed by atoms with van der Waals surface area (Å²) >= 11 is 3.23. The Morgan fingerprint density at radius 2 is 1.90 bits per heavy atom. The van der Waals surface area contributed by atoms with Crippen molar-refractivity contribution in [2.75, 3.05) is 7.11 Å². The predicted molar refractivity (Wildman–Crippen MR) is 76.2 cm³/mol. The van der Waals surface area contributed by atoms with E-state index >= 15 is 0 Å². The van der Waals surface area contributed by atoms with Gasteiger partial charge in [0.15, 0.2) is 0 Å². The van der Waals surface area contributed by atoms with Crippen LogP contribution in [0, 0.1) is 5.82 Å². The lowest BCUT2D eigenvalue weighted by Gasteiger charge is -2.08. The normalized spacial score (nSPS) is 10.2. The van der Waals surface area contributed by atoms with E-state index in [-0.39, 0.29) is 11.8 Å². The third-order valence-corrected chi connectivity index (χ3v) is 3.28. The third-order valence-electron chi connectivity index (χ3n) is 2.66. The molecule has 0 amide bonds. The van der Waals surface area contributed by atoms with Crippen molar-refractivity contribution < 1.29 is 18.7 Å². The maximum absolute atomic E-state index is 12.9. The average molecular weight is 339 g/mol. The zero-order valence-corrected chi connectivity index (χ0v) is 12.3. The van der Waals surface area contributed by atoms with E-state index in [0.717, 1.165) is 5.56 Å². The molecule has 0 spiro atoms. The monoisotopic (exact) mass is 338 g/mol. The lowest BCUT2D eigenvalue weighted by Crippen LogP contribution is -2.02. The van der Waals surface area contributed by atoms with E-state index in [9.17, 15) is 9.18 Å². The first-order chi connectivity index (χ1) is 9.60. The van der Waals surface area contributed by atoms with Crippen LogP contribution >= 0.6 is 15.9 Å². The zero-order chi connectivity index (χ0) is 14.5. The molecule has 0 heterocycles. The number of esters is 1. The van der Waals surface area contributed by atoms with E-state index in [2.05, 4.69) is 20.7 Å². The second-order valence-electron chi connectivity index (χ2n) is 4.05. The van der Waals surface area contributed by atoms with Gasteiger partial charge in [0, 0.05) is 0 Å². The minimum absolute atomic E-state index is 0.325. The summed E-state index contributed by atoms with van der Waals surface area (Å²) in [5.74, 6) is -0.145. The first-order valence-corrected chi connectivity index (χ1v) is 6.64. The van der Waals surface area contributed by atoms with Crippen molar-refractivity contribution in [2.45, 2.75) is 6.61 Å². The molecule has 0 saturated heterocycles. The quantitative estimate of drug-likeness (QED) is 0.791. The van der Waals surface area contributed by atoms with E-state index in [0.29, 0.717) is 22.4 Å². The van der Waals surface area contributed by atoms with Crippen molar-refractivity contribution in [3.63, 3.8) is 0 Å². The second kappa shape index (κ2) is 6.52. The van der Waals surface area contributed by atoms with Gasteiger partial charge in [-0.1, -0.05) is 12.1 Å². The van der Waals surface area contributed by atoms with E-state index in [1.165, 1.54) is 19.2 Å². The number of methoxy groups -OCH3 is 1. The Morgan fingerprint density at radius 3 is 2.50 bits per heavy atom. The summed E-state index contributed by atoms with van der Waals surface area (Å²) in [6.07, 6.45) is 0. The molecule has 0 aliphatic carbocycles. The number of benzene rings is 2. The van der Waals surface area contributed by atoms with Crippen molar-refractivity contribution in [1.29, 1.82) is 0 Å². The third kappa shape index (κ3) is 3.57. The van der Waals surface area contributed by atoms with Crippen molar-refractivity contribution in [2.24, 2.45) is 0 Å². The smallest absolute Gasteiger partial charge is 0.337 e. The molecule has 20 heavy (non-hydrogen) atoms. The van der Waals surface area contributed by atoms with Crippen molar-refractivity contribution >= 4 is 21.9 Å². The summed E-state index contributed by atoms with van der Waals surface area (Å²) in [7, 11) is 1.34. The van der Waals surface area contributed by atoms with Gasteiger partial charge in [0.2, 0.25) is 0 Å². The number of rotatable bonds is 4. The number of halogens is 2. The fraction of sp³-hybridized carbons (Fsp3) is 0.133. The van der Waals surface area contributed by atoms with E-state index in [1.807, 2.05) is 0 Å². The Labute approximate surface area is 124 Å². The van der Waals surface area contributed by atoms with Crippen LogP contribution in [0.25, 0.3) is 0 Å². The fourth-order valence-electron chi connectivity index (χ4n) is 1.61. The van der Waals surface area contributed by atoms with Gasteiger partial charge in [-0.15, -0.1) is 0 Å². The summed E-state index contributed by atoms with van der Waals surface area (Å²) < 4.78 is 23.7. The van der Waals surface area contributed by atoms with Gasteiger partial charge in [0.1, 0.15) is 18.2 Å². The highest BCUT2D eigenvalue weighted by Gasteiger charge is 2.06.